The maximum atomic E-state index is 5.86. The largest absolute Gasteiger partial charge is 0.490 e. The van der Waals surface area contributed by atoms with Crippen molar-refractivity contribution < 1.29 is 9.47 Å². The molecule has 0 aliphatic carbocycles. The van der Waals surface area contributed by atoms with Gasteiger partial charge in [0.2, 0.25) is 0 Å². The Morgan fingerprint density at radius 3 is 2.74 bits per heavy atom. The van der Waals surface area contributed by atoms with Gasteiger partial charge in [0.25, 0.3) is 0 Å². The lowest BCUT2D eigenvalue weighted by Gasteiger charge is -2.12. The second kappa shape index (κ2) is 6.73. The number of ether oxygens (including phenoxy) is 2. The second-order valence-electron chi connectivity index (χ2n) is 4.53. The van der Waals surface area contributed by atoms with Gasteiger partial charge >= 0.3 is 0 Å². The number of rotatable bonds is 6. The highest BCUT2D eigenvalue weighted by molar-refractivity contribution is 6.17. The van der Waals surface area contributed by atoms with Crippen LogP contribution in [-0.4, -0.2) is 24.3 Å². The van der Waals surface area contributed by atoms with E-state index in [1.807, 2.05) is 44.2 Å². The predicted molar refractivity (Wildman–Crippen MR) is 77.9 cm³/mol. The summed E-state index contributed by atoms with van der Waals surface area (Å²) in [7, 11) is 0. The minimum absolute atomic E-state index is 0.219. The highest BCUT2D eigenvalue weighted by Crippen LogP contribution is 2.25. The summed E-state index contributed by atoms with van der Waals surface area (Å²) in [5.41, 5.74) is 1.72. The molecule has 1 aromatic carbocycles. The third-order valence-electron chi connectivity index (χ3n) is 2.66. The summed E-state index contributed by atoms with van der Waals surface area (Å²) < 4.78 is 11.3. The number of fused-ring (bicyclic) bond motifs is 1. The third kappa shape index (κ3) is 3.82. The first-order chi connectivity index (χ1) is 9.20. The molecule has 0 atom stereocenters. The van der Waals surface area contributed by atoms with Gasteiger partial charge in [-0.3, -0.25) is 4.98 Å². The Kier molecular flexibility index (Phi) is 5.00. The lowest BCUT2D eigenvalue weighted by Crippen LogP contribution is -2.11. The van der Waals surface area contributed by atoms with Gasteiger partial charge in [0.15, 0.2) is 0 Å². The van der Waals surface area contributed by atoms with Gasteiger partial charge in [-0.15, -0.1) is 11.6 Å². The fourth-order valence-corrected chi connectivity index (χ4v) is 1.96. The first kappa shape index (κ1) is 14.1. The van der Waals surface area contributed by atoms with Crippen molar-refractivity contribution in [1.82, 2.24) is 4.98 Å². The molecule has 0 radical (unpaired) electrons. The fraction of sp³-hybridized carbons (Fsp3) is 0.400. The maximum absolute atomic E-state index is 5.86. The minimum Gasteiger partial charge on any atom is -0.490 e. The van der Waals surface area contributed by atoms with Crippen LogP contribution in [0.3, 0.4) is 0 Å². The predicted octanol–water partition coefficient (Wildman–Crippen LogP) is 3.78. The molecule has 0 saturated carbocycles. The summed E-state index contributed by atoms with van der Waals surface area (Å²) in [5, 5.41) is 1.00. The molecule has 0 unspecified atom stereocenters. The summed E-state index contributed by atoms with van der Waals surface area (Å²) in [4.78, 5) is 4.47. The highest BCUT2D eigenvalue weighted by atomic mass is 35.5. The number of nitrogens with zero attached hydrogens (tertiary/aromatic N) is 1. The van der Waals surface area contributed by atoms with E-state index in [4.69, 9.17) is 21.1 Å². The topological polar surface area (TPSA) is 31.4 Å². The standard InChI is InChI=1S/C15H18ClNO2/c1-11(2)18-7-8-19-15-9-12(10-16)17-14-6-4-3-5-13(14)15/h3-6,9,11H,7-8,10H2,1-2H3. The Morgan fingerprint density at radius 2 is 2.00 bits per heavy atom. The first-order valence-electron chi connectivity index (χ1n) is 6.39. The SMILES string of the molecule is CC(C)OCCOc1cc(CCl)nc2ccccc12. The minimum atomic E-state index is 0.219. The van der Waals surface area contributed by atoms with E-state index in [9.17, 15) is 0 Å². The number of benzene rings is 1. The molecule has 0 fully saturated rings. The normalized spacial score (nSPS) is 11.2. The summed E-state index contributed by atoms with van der Waals surface area (Å²) in [6.07, 6.45) is 0.219. The zero-order chi connectivity index (χ0) is 13.7. The monoisotopic (exact) mass is 279 g/mol. The number of para-hydroxylation sites is 1. The number of alkyl halides is 1. The average Bonchev–Trinajstić information content (AvgIpc) is 2.42. The summed E-state index contributed by atoms with van der Waals surface area (Å²) in [6, 6.07) is 9.79. The molecule has 1 aromatic heterocycles. The molecule has 2 rings (SSSR count). The number of hydrogen-bond acceptors (Lipinski definition) is 3. The van der Waals surface area contributed by atoms with Crippen LogP contribution in [0.1, 0.15) is 19.5 Å². The zero-order valence-corrected chi connectivity index (χ0v) is 12.0. The van der Waals surface area contributed by atoms with E-state index < -0.39 is 0 Å². The summed E-state index contributed by atoms with van der Waals surface area (Å²) in [5.74, 6) is 1.19. The van der Waals surface area contributed by atoms with Crippen molar-refractivity contribution in [2.75, 3.05) is 13.2 Å². The first-order valence-corrected chi connectivity index (χ1v) is 6.93. The average molecular weight is 280 g/mol. The van der Waals surface area contributed by atoms with E-state index in [1.54, 1.807) is 0 Å². The Hall–Kier alpha value is -1.32. The summed E-state index contributed by atoms with van der Waals surface area (Å²) in [6.45, 7) is 5.11. The number of pyridine rings is 1. The van der Waals surface area contributed by atoms with E-state index in [1.165, 1.54) is 0 Å². The Labute approximate surface area is 118 Å². The molecule has 0 saturated heterocycles. The Balaban J connectivity index is 2.16. The number of halogens is 1. The van der Waals surface area contributed by atoms with E-state index in [2.05, 4.69) is 4.98 Å². The Morgan fingerprint density at radius 1 is 1.21 bits per heavy atom. The van der Waals surface area contributed by atoms with Crippen LogP contribution in [0.25, 0.3) is 10.9 Å². The van der Waals surface area contributed by atoms with Crippen LogP contribution in [0, 0.1) is 0 Å². The lowest BCUT2D eigenvalue weighted by molar-refractivity contribution is 0.0556. The molecule has 1 heterocycles. The van der Waals surface area contributed by atoms with E-state index in [-0.39, 0.29) is 6.10 Å². The van der Waals surface area contributed by atoms with Crippen LogP contribution < -0.4 is 4.74 Å². The van der Waals surface area contributed by atoms with Gasteiger partial charge in [0.1, 0.15) is 12.4 Å². The highest BCUT2D eigenvalue weighted by Gasteiger charge is 2.06. The summed E-state index contributed by atoms with van der Waals surface area (Å²) >= 11 is 5.86. The zero-order valence-electron chi connectivity index (χ0n) is 11.2. The van der Waals surface area contributed by atoms with Gasteiger partial charge in [-0.25, -0.2) is 0 Å². The maximum Gasteiger partial charge on any atom is 0.130 e. The van der Waals surface area contributed by atoms with Crippen LogP contribution in [0.4, 0.5) is 0 Å². The van der Waals surface area contributed by atoms with Crippen LogP contribution in [0.2, 0.25) is 0 Å². The molecule has 102 valence electrons. The molecule has 0 N–H and O–H groups in total. The van der Waals surface area contributed by atoms with Crippen molar-refractivity contribution in [3.05, 3.63) is 36.0 Å². The van der Waals surface area contributed by atoms with E-state index >= 15 is 0 Å². The molecule has 0 bridgehead atoms. The quantitative estimate of drug-likeness (QED) is 0.596. The smallest absolute Gasteiger partial charge is 0.130 e. The third-order valence-corrected chi connectivity index (χ3v) is 2.93. The van der Waals surface area contributed by atoms with Crippen molar-refractivity contribution in [2.24, 2.45) is 0 Å². The van der Waals surface area contributed by atoms with Gasteiger partial charge in [-0.05, 0) is 26.0 Å². The van der Waals surface area contributed by atoms with Crippen LogP contribution in [0.15, 0.2) is 30.3 Å². The molecule has 0 aliphatic rings. The van der Waals surface area contributed by atoms with Gasteiger partial charge in [-0.2, -0.15) is 0 Å². The van der Waals surface area contributed by atoms with Gasteiger partial charge in [0, 0.05) is 11.5 Å². The van der Waals surface area contributed by atoms with Gasteiger partial charge in [0.05, 0.1) is 29.8 Å². The van der Waals surface area contributed by atoms with Crippen molar-refractivity contribution in [1.29, 1.82) is 0 Å². The Bertz CT molecular complexity index is 543. The molecule has 0 amide bonds. The van der Waals surface area contributed by atoms with Gasteiger partial charge < -0.3 is 9.47 Å². The number of hydrogen-bond donors (Lipinski definition) is 0. The van der Waals surface area contributed by atoms with Crippen molar-refractivity contribution in [3.8, 4) is 5.75 Å². The van der Waals surface area contributed by atoms with Crippen LogP contribution >= 0.6 is 11.6 Å². The van der Waals surface area contributed by atoms with Crippen molar-refractivity contribution >= 4 is 22.5 Å². The van der Waals surface area contributed by atoms with E-state index in [0.29, 0.717) is 19.1 Å². The molecule has 0 aliphatic heterocycles. The lowest BCUT2D eigenvalue weighted by atomic mass is 10.2. The second-order valence-corrected chi connectivity index (χ2v) is 4.80. The van der Waals surface area contributed by atoms with Crippen LogP contribution in [0.5, 0.6) is 5.75 Å². The van der Waals surface area contributed by atoms with Crippen molar-refractivity contribution in [3.63, 3.8) is 0 Å². The molecule has 4 heteroatoms. The van der Waals surface area contributed by atoms with Gasteiger partial charge in [-0.1, -0.05) is 12.1 Å². The molecular formula is C15H18ClNO2. The molecular weight excluding hydrogens is 262 g/mol. The molecule has 2 aromatic rings. The molecule has 19 heavy (non-hydrogen) atoms. The molecule has 0 spiro atoms. The fourth-order valence-electron chi connectivity index (χ4n) is 1.82. The molecule has 3 nitrogen and oxygen atoms in total. The van der Waals surface area contributed by atoms with E-state index in [0.717, 1.165) is 22.3 Å². The number of aromatic nitrogens is 1. The van der Waals surface area contributed by atoms with Crippen molar-refractivity contribution in [2.45, 2.75) is 25.8 Å². The van der Waals surface area contributed by atoms with Crippen LogP contribution in [-0.2, 0) is 10.6 Å².